The molecule has 0 amide bonds. The third-order valence-corrected chi connectivity index (χ3v) is 5.69. The number of azo groups is 1. The zero-order chi connectivity index (χ0) is 21.6. The second-order valence-corrected chi connectivity index (χ2v) is 8.45. The Morgan fingerprint density at radius 2 is 1.13 bits per heavy atom. The summed E-state index contributed by atoms with van der Waals surface area (Å²) in [6.07, 6.45) is 13.4. The highest BCUT2D eigenvalue weighted by molar-refractivity contribution is 5.48. The summed E-state index contributed by atoms with van der Waals surface area (Å²) in [7, 11) is 0. The lowest BCUT2D eigenvalue weighted by Gasteiger charge is -2.09. The number of unbranched alkanes of at least 4 members (excludes halogenated alkanes) is 9. The third kappa shape index (κ3) is 9.11. The number of aryl methyl sites for hydroxylation is 3. The summed E-state index contributed by atoms with van der Waals surface area (Å²) in [5.74, 6) is 0.955. The maximum Gasteiger partial charge on any atom is 0.122 e. The van der Waals surface area contributed by atoms with E-state index in [2.05, 4.69) is 50.1 Å². The van der Waals surface area contributed by atoms with Gasteiger partial charge in [0.2, 0.25) is 0 Å². The molecule has 0 N–H and O–H groups in total. The summed E-state index contributed by atoms with van der Waals surface area (Å²) in [6.45, 7) is 9.34. The molecule has 2 rings (SSSR count). The van der Waals surface area contributed by atoms with E-state index in [1.165, 1.54) is 68.9 Å². The van der Waals surface area contributed by atoms with Crippen molar-refractivity contribution in [3.63, 3.8) is 0 Å². The first-order chi connectivity index (χ1) is 14.6. The van der Waals surface area contributed by atoms with Crippen LogP contribution in [0.3, 0.4) is 0 Å². The molecular weight excluding hydrogens is 368 g/mol. The fourth-order valence-corrected chi connectivity index (χ4v) is 3.53. The first-order valence-corrected chi connectivity index (χ1v) is 11.8. The van der Waals surface area contributed by atoms with Crippen LogP contribution in [-0.2, 0) is 0 Å². The van der Waals surface area contributed by atoms with Gasteiger partial charge in [-0.05, 0) is 74.2 Å². The van der Waals surface area contributed by atoms with E-state index in [4.69, 9.17) is 4.74 Å². The summed E-state index contributed by atoms with van der Waals surface area (Å²) in [6, 6.07) is 12.2. The van der Waals surface area contributed by atoms with Gasteiger partial charge in [-0.1, -0.05) is 70.8 Å². The summed E-state index contributed by atoms with van der Waals surface area (Å²) < 4.78 is 5.98. The monoisotopic (exact) mass is 408 g/mol. The number of nitrogens with zero attached hydrogens (tertiary/aromatic N) is 2. The molecule has 0 spiro atoms. The first-order valence-electron chi connectivity index (χ1n) is 11.8. The van der Waals surface area contributed by atoms with Crippen molar-refractivity contribution in [2.75, 3.05) is 6.61 Å². The number of hydrogen-bond acceptors (Lipinski definition) is 3. The van der Waals surface area contributed by atoms with Crippen LogP contribution >= 0.6 is 0 Å². The minimum Gasteiger partial charge on any atom is -0.493 e. The van der Waals surface area contributed by atoms with E-state index < -0.39 is 0 Å². The van der Waals surface area contributed by atoms with Crippen molar-refractivity contribution in [3.8, 4) is 5.75 Å². The third-order valence-electron chi connectivity index (χ3n) is 5.69. The molecule has 0 bridgehead atoms. The van der Waals surface area contributed by atoms with E-state index in [1.807, 2.05) is 24.3 Å². The SMILES string of the molecule is CCCCCCCCCCCCOc1ccc(N=Nc2ccc(C)c(C)c2)cc1C. The van der Waals surface area contributed by atoms with E-state index >= 15 is 0 Å². The summed E-state index contributed by atoms with van der Waals surface area (Å²) >= 11 is 0. The molecule has 30 heavy (non-hydrogen) atoms. The minimum absolute atomic E-state index is 0.793. The Kier molecular flexibility index (Phi) is 11.2. The Hall–Kier alpha value is -2.16. The van der Waals surface area contributed by atoms with Crippen molar-refractivity contribution < 1.29 is 4.74 Å². The lowest BCUT2D eigenvalue weighted by Crippen LogP contribution is -1.98. The molecule has 0 atom stereocenters. The topological polar surface area (TPSA) is 34.0 Å². The molecule has 2 aromatic rings. The molecule has 0 aromatic heterocycles. The molecule has 0 heterocycles. The van der Waals surface area contributed by atoms with Crippen LogP contribution in [0.4, 0.5) is 11.4 Å². The number of rotatable bonds is 14. The Labute approximate surface area is 184 Å². The molecule has 164 valence electrons. The molecule has 0 aliphatic heterocycles. The number of ether oxygens (including phenoxy) is 1. The number of hydrogen-bond donors (Lipinski definition) is 0. The van der Waals surface area contributed by atoms with Crippen LogP contribution in [0.2, 0.25) is 0 Å². The molecule has 0 saturated carbocycles. The average molecular weight is 409 g/mol. The summed E-state index contributed by atoms with van der Waals surface area (Å²) in [5.41, 5.74) is 5.36. The van der Waals surface area contributed by atoms with Crippen molar-refractivity contribution in [1.29, 1.82) is 0 Å². The van der Waals surface area contributed by atoms with Gasteiger partial charge in [-0.15, -0.1) is 0 Å². The van der Waals surface area contributed by atoms with E-state index in [0.717, 1.165) is 35.7 Å². The first kappa shape index (κ1) is 24.1. The van der Waals surface area contributed by atoms with Crippen molar-refractivity contribution in [1.82, 2.24) is 0 Å². The Morgan fingerprint density at radius 3 is 1.70 bits per heavy atom. The van der Waals surface area contributed by atoms with Crippen molar-refractivity contribution >= 4 is 11.4 Å². The molecule has 3 heteroatoms. The Balaban J connectivity index is 1.65. The number of benzene rings is 2. The second-order valence-electron chi connectivity index (χ2n) is 8.45. The van der Waals surface area contributed by atoms with Crippen LogP contribution in [0.25, 0.3) is 0 Å². The van der Waals surface area contributed by atoms with Crippen LogP contribution in [0.5, 0.6) is 5.75 Å². The van der Waals surface area contributed by atoms with Gasteiger partial charge in [0.15, 0.2) is 0 Å². The maximum atomic E-state index is 5.98. The molecule has 0 radical (unpaired) electrons. The molecular formula is C27H40N2O. The standard InChI is InChI=1S/C27H40N2O/c1-5-6-7-8-9-10-11-12-13-14-19-30-27-18-17-26(21-24(27)4)29-28-25-16-15-22(2)23(3)20-25/h15-18,20-21H,5-14,19H2,1-4H3. The van der Waals surface area contributed by atoms with Crippen LogP contribution in [0.15, 0.2) is 46.6 Å². The highest BCUT2D eigenvalue weighted by Gasteiger charge is 2.02. The van der Waals surface area contributed by atoms with Gasteiger partial charge >= 0.3 is 0 Å². The Morgan fingerprint density at radius 1 is 0.600 bits per heavy atom. The summed E-state index contributed by atoms with van der Waals surface area (Å²) in [4.78, 5) is 0. The van der Waals surface area contributed by atoms with E-state index in [-0.39, 0.29) is 0 Å². The average Bonchev–Trinajstić information content (AvgIpc) is 2.74. The van der Waals surface area contributed by atoms with Gasteiger partial charge in [0.1, 0.15) is 5.75 Å². The van der Waals surface area contributed by atoms with E-state index in [1.54, 1.807) is 0 Å². The molecule has 0 fully saturated rings. The highest BCUT2D eigenvalue weighted by Crippen LogP contribution is 2.26. The highest BCUT2D eigenvalue weighted by atomic mass is 16.5. The molecule has 0 aliphatic carbocycles. The normalized spacial score (nSPS) is 11.3. The van der Waals surface area contributed by atoms with Crippen LogP contribution in [-0.4, -0.2) is 6.61 Å². The molecule has 0 saturated heterocycles. The largest absolute Gasteiger partial charge is 0.493 e. The van der Waals surface area contributed by atoms with Crippen molar-refractivity contribution in [2.45, 2.75) is 91.9 Å². The minimum atomic E-state index is 0.793. The molecule has 0 unspecified atom stereocenters. The second kappa shape index (κ2) is 14.0. The fraction of sp³-hybridized carbons (Fsp3) is 0.556. The van der Waals surface area contributed by atoms with Crippen molar-refractivity contribution in [3.05, 3.63) is 53.1 Å². The predicted molar refractivity (Wildman–Crippen MR) is 129 cm³/mol. The Bertz CT molecular complexity index is 782. The zero-order valence-electron chi connectivity index (χ0n) is 19.5. The lowest BCUT2D eigenvalue weighted by molar-refractivity contribution is 0.302. The van der Waals surface area contributed by atoms with Crippen LogP contribution in [0.1, 0.15) is 87.8 Å². The van der Waals surface area contributed by atoms with Crippen LogP contribution in [0, 0.1) is 20.8 Å². The fourth-order valence-electron chi connectivity index (χ4n) is 3.53. The van der Waals surface area contributed by atoms with Gasteiger partial charge in [0.25, 0.3) is 0 Å². The summed E-state index contributed by atoms with van der Waals surface area (Å²) in [5, 5.41) is 8.75. The predicted octanol–water partition coefficient (Wildman–Crippen LogP) is 9.33. The van der Waals surface area contributed by atoms with Gasteiger partial charge in [0, 0.05) is 0 Å². The molecule has 0 aliphatic rings. The van der Waals surface area contributed by atoms with Crippen molar-refractivity contribution in [2.24, 2.45) is 10.2 Å². The van der Waals surface area contributed by atoms with E-state index in [0.29, 0.717) is 0 Å². The van der Waals surface area contributed by atoms with Gasteiger partial charge < -0.3 is 4.74 Å². The molecule has 3 nitrogen and oxygen atoms in total. The lowest BCUT2D eigenvalue weighted by atomic mass is 10.1. The van der Waals surface area contributed by atoms with Gasteiger partial charge in [-0.25, -0.2) is 0 Å². The zero-order valence-corrected chi connectivity index (χ0v) is 19.5. The van der Waals surface area contributed by atoms with Gasteiger partial charge in [-0.2, -0.15) is 10.2 Å². The quantitative estimate of drug-likeness (QED) is 0.226. The van der Waals surface area contributed by atoms with E-state index in [9.17, 15) is 0 Å². The van der Waals surface area contributed by atoms with Gasteiger partial charge in [-0.3, -0.25) is 0 Å². The van der Waals surface area contributed by atoms with Gasteiger partial charge in [0.05, 0.1) is 18.0 Å². The smallest absolute Gasteiger partial charge is 0.122 e. The van der Waals surface area contributed by atoms with Crippen LogP contribution < -0.4 is 4.74 Å². The maximum absolute atomic E-state index is 5.98. The molecule has 2 aromatic carbocycles.